The lowest BCUT2D eigenvalue weighted by Crippen LogP contribution is -2.17. The van der Waals surface area contributed by atoms with Crippen LogP contribution in [0.25, 0.3) is 11.0 Å². The third-order valence-corrected chi connectivity index (χ3v) is 4.48. The van der Waals surface area contributed by atoms with Crippen LogP contribution in [0.4, 0.5) is 21.5 Å². The fourth-order valence-corrected chi connectivity index (χ4v) is 2.97. The highest BCUT2D eigenvalue weighted by Gasteiger charge is 2.23. The number of halogens is 1. The van der Waals surface area contributed by atoms with Crippen molar-refractivity contribution < 1.29 is 23.3 Å². The number of benzene rings is 3. The van der Waals surface area contributed by atoms with Crippen molar-refractivity contribution in [3.8, 4) is 0 Å². The van der Waals surface area contributed by atoms with Gasteiger partial charge >= 0.3 is 0 Å². The van der Waals surface area contributed by atoms with Gasteiger partial charge in [0.05, 0.1) is 4.92 Å². The number of rotatable bonds is 5. The van der Waals surface area contributed by atoms with E-state index in [-0.39, 0.29) is 22.7 Å². The number of para-hydroxylation sites is 1. The highest BCUT2D eigenvalue weighted by atomic mass is 19.1. The van der Waals surface area contributed by atoms with Gasteiger partial charge in [0, 0.05) is 28.8 Å². The summed E-state index contributed by atoms with van der Waals surface area (Å²) in [5.74, 6) is -1.82. The molecule has 0 unspecified atom stereocenters. The van der Waals surface area contributed by atoms with Gasteiger partial charge in [-0.3, -0.25) is 19.7 Å². The minimum atomic E-state index is -0.653. The summed E-state index contributed by atoms with van der Waals surface area (Å²) in [4.78, 5) is 35.7. The number of hydrogen-bond acceptors (Lipinski definition) is 5. The number of fused-ring (bicyclic) bond motifs is 1. The first-order valence-corrected chi connectivity index (χ1v) is 9.06. The number of nitro benzene ring substituents is 1. The zero-order valence-electron chi connectivity index (χ0n) is 15.8. The molecule has 4 rings (SSSR count). The minimum absolute atomic E-state index is 0.117. The molecule has 2 N–H and O–H groups in total. The summed E-state index contributed by atoms with van der Waals surface area (Å²) >= 11 is 0. The van der Waals surface area contributed by atoms with Crippen LogP contribution >= 0.6 is 0 Å². The molecular weight excluding hydrogens is 405 g/mol. The topological polar surface area (TPSA) is 114 Å². The Kier molecular flexibility index (Phi) is 5.15. The first-order valence-electron chi connectivity index (χ1n) is 9.06. The summed E-state index contributed by atoms with van der Waals surface area (Å²) in [5.41, 5.74) is 0.935. The van der Waals surface area contributed by atoms with Crippen molar-refractivity contribution >= 4 is 39.8 Å². The molecule has 0 atom stereocenters. The molecule has 0 saturated heterocycles. The average molecular weight is 419 g/mol. The monoisotopic (exact) mass is 419 g/mol. The van der Waals surface area contributed by atoms with Crippen LogP contribution in [0.3, 0.4) is 0 Å². The van der Waals surface area contributed by atoms with Crippen molar-refractivity contribution in [2.24, 2.45) is 0 Å². The lowest BCUT2D eigenvalue weighted by atomic mass is 10.1. The summed E-state index contributed by atoms with van der Waals surface area (Å²) < 4.78 is 18.8. The first-order chi connectivity index (χ1) is 14.9. The van der Waals surface area contributed by atoms with Gasteiger partial charge in [-0.1, -0.05) is 12.1 Å². The number of carbonyl (C=O) groups is 2. The van der Waals surface area contributed by atoms with Gasteiger partial charge in [-0.25, -0.2) is 4.39 Å². The summed E-state index contributed by atoms with van der Waals surface area (Å²) in [6.07, 6.45) is 0. The molecule has 4 aromatic rings. The standard InChI is InChI=1S/C22H14FN3O5/c23-14-7-5-13(6-8-14)21(27)25-19-17-3-1-2-4-18(17)31-20(19)22(28)24-15-9-11-16(12-10-15)26(29)30/h1-12H,(H,24,28)(H,25,27). The maximum Gasteiger partial charge on any atom is 0.293 e. The molecule has 0 fully saturated rings. The second-order valence-corrected chi connectivity index (χ2v) is 6.52. The molecule has 3 aromatic carbocycles. The molecule has 0 aliphatic carbocycles. The predicted octanol–water partition coefficient (Wildman–Crippen LogP) is 4.98. The van der Waals surface area contributed by atoms with E-state index in [0.717, 1.165) is 12.1 Å². The van der Waals surface area contributed by atoms with Crippen molar-refractivity contribution in [3.63, 3.8) is 0 Å². The van der Waals surface area contributed by atoms with E-state index in [4.69, 9.17) is 4.42 Å². The maximum absolute atomic E-state index is 13.1. The molecule has 0 bridgehead atoms. The van der Waals surface area contributed by atoms with Crippen molar-refractivity contribution in [2.45, 2.75) is 0 Å². The zero-order valence-corrected chi connectivity index (χ0v) is 15.8. The highest BCUT2D eigenvalue weighted by Crippen LogP contribution is 2.32. The number of nitrogens with one attached hydrogen (secondary N) is 2. The van der Waals surface area contributed by atoms with Gasteiger partial charge < -0.3 is 15.1 Å². The molecule has 0 aliphatic heterocycles. The molecule has 0 aliphatic rings. The van der Waals surface area contributed by atoms with E-state index < -0.39 is 22.6 Å². The molecule has 2 amide bonds. The molecule has 8 nitrogen and oxygen atoms in total. The fourth-order valence-electron chi connectivity index (χ4n) is 2.97. The molecule has 154 valence electrons. The third-order valence-electron chi connectivity index (χ3n) is 4.48. The summed E-state index contributed by atoms with van der Waals surface area (Å²) in [6.45, 7) is 0. The molecular formula is C22H14FN3O5. The van der Waals surface area contributed by atoms with Crippen LogP contribution in [0.5, 0.6) is 0 Å². The smallest absolute Gasteiger partial charge is 0.293 e. The Balaban J connectivity index is 1.65. The molecule has 9 heteroatoms. The van der Waals surface area contributed by atoms with Crippen LogP contribution in [0.2, 0.25) is 0 Å². The van der Waals surface area contributed by atoms with Gasteiger partial charge in [-0.2, -0.15) is 0 Å². The summed E-state index contributed by atoms with van der Waals surface area (Å²) in [5, 5.41) is 16.5. The van der Waals surface area contributed by atoms with E-state index in [2.05, 4.69) is 10.6 Å². The second-order valence-electron chi connectivity index (χ2n) is 6.52. The number of hydrogen-bond donors (Lipinski definition) is 2. The van der Waals surface area contributed by atoms with Crippen LogP contribution in [0.1, 0.15) is 20.9 Å². The number of nitro groups is 1. The van der Waals surface area contributed by atoms with Gasteiger partial charge in [0.1, 0.15) is 17.1 Å². The Morgan fingerprint density at radius 1 is 0.871 bits per heavy atom. The van der Waals surface area contributed by atoms with Crippen LogP contribution in [0, 0.1) is 15.9 Å². The minimum Gasteiger partial charge on any atom is -0.449 e. The van der Waals surface area contributed by atoms with E-state index in [1.54, 1.807) is 24.3 Å². The van der Waals surface area contributed by atoms with Crippen LogP contribution < -0.4 is 10.6 Å². The van der Waals surface area contributed by atoms with Crippen LogP contribution in [0.15, 0.2) is 77.2 Å². The third kappa shape index (κ3) is 4.10. The summed E-state index contributed by atoms with van der Waals surface area (Å²) in [6, 6.07) is 17.0. The predicted molar refractivity (Wildman–Crippen MR) is 112 cm³/mol. The Labute approximate surface area is 174 Å². The Bertz CT molecular complexity index is 1300. The van der Waals surface area contributed by atoms with E-state index in [1.807, 2.05) is 0 Å². The van der Waals surface area contributed by atoms with E-state index in [0.29, 0.717) is 16.7 Å². The number of carbonyl (C=O) groups excluding carboxylic acids is 2. The molecule has 31 heavy (non-hydrogen) atoms. The highest BCUT2D eigenvalue weighted by molar-refractivity contribution is 6.16. The number of furan rings is 1. The second kappa shape index (κ2) is 8.07. The molecule has 1 aromatic heterocycles. The molecule has 0 saturated carbocycles. The molecule has 0 radical (unpaired) electrons. The number of non-ortho nitro benzene ring substituents is 1. The Morgan fingerprint density at radius 3 is 2.23 bits per heavy atom. The average Bonchev–Trinajstić information content (AvgIpc) is 3.13. The zero-order chi connectivity index (χ0) is 22.0. The lowest BCUT2D eigenvalue weighted by molar-refractivity contribution is -0.384. The SMILES string of the molecule is O=C(Nc1c(C(=O)Nc2ccc([N+](=O)[O-])cc2)oc2ccccc12)c1ccc(F)cc1. The van der Waals surface area contributed by atoms with Gasteiger partial charge in [0.25, 0.3) is 17.5 Å². The fraction of sp³-hybridized carbons (Fsp3) is 0. The van der Waals surface area contributed by atoms with E-state index in [1.165, 1.54) is 36.4 Å². The maximum atomic E-state index is 13.1. The Morgan fingerprint density at radius 2 is 1.55 bits per heavy atom. The van der Waals surface area contributed by atoms with Crippen LogP contribution in [-0.2, 0) is 0 Å². The number of nitrogens with zero attached hydrogens (tertiary/aromatic N) is 1. The Hall–Kier alpha value is -4.53. The lowest BCUT2D eigenvalue weighted by Gasteiger charge is -2.07. The largest absolute Gasteiger partial charge is 0.449 e. The van der Waals surface area contributed by atoms with Gasteiger partial charge in [-0.15, -0.1) is 0 Å². The van der Waals surface area contributed by atoms with E-state index >= 15 is 0 Å². The summed E-state index contributed by atoms with van der Waals surface area (Å²) in [7, 11) is 0. The molecule has 0 spiro atoms. The van der Waals surface area contributed by atoms with Gasteiger partial charge in [0.15, 0.2) is 0 Å². The van der Waals surface area contributed by atoms with Crippen molar-refractivity contribution in [3.05, 3.63) is 100 Å². The normalized spacial score (nSPS) is 10.6. The number of anilines is 2. The van der Waals surface area contributed by atoms with Crippen molar-refractivity contribution in [1.29, 1.82) is 0 Å². The number of amides is 2. The van der Waals surface area contributed by atoms with Gasteiger partial charge in [0.2, 0.25) is 5.76 Å². The quantitative estimate of drug-likeness (QED) is 0.350. The van der Waals surface area contributed by atoms with E-state index in [9.17, 15) is 24.1 Å². The molecule has 1 heterocycles. The van der Waals surface area contributed by atoms with Crippen molar-refractivity contribution in [2.75, 3.05) is 10.6 Å². The van der Waals surface area contributed by atoms with Crippen molar-refractivity contribution in [1.82, 2.24) is 0 Å². The first kappa shape index (κ1) is 19.8. The van der Waals surface area contributed by atoms with Crippen LogP contribution in [-0.4, -0.2) is 16.7 Å². The van der Waals surface area contributed by atoms with Gasteiger partial charge in [-0.05, 0) is 48.5 Å².